The predicted octanol–water partition coefficient (Wildman–Crippen LogP) is 9.77. The molecule has 2 nitrogen and oxygen atoms in total. The number of benzene rings is 6. The molecule has 0 saturated heterocycles. The number of pyridine rings is 2. The van der Waals surface area contributed by atoms with Crippen molar-refractivity contribution in [2.45, 2.75) is 0 Å². The number of hydrogen-bond donors (Lipinski definition) is 0. The van der Waals surface area contributed by atoms with Gasteiger partial charge in [0.25, 0.3) is 0 Å². The van der Waals surface area contributed by atoms with Crippen molar-refractivity contribution in [2.75, 3.05) is 0 Å². The summed E-state index contributed by atoms with van der Waals surface area (Å²) >= 11 is -0.598. The van der Waals surface area contributed by atoms with Crippen LogP contribution in [-0.4, -0.2) is 30.4 Å². The Morgan fingerprint density at radius 1 is 0.415 bits per heavy atom. The molecule has 0 fully saturated rings. The first-order valence-electron chi connectivity index (χ1n) is 13.9. The van der Waals surface area contributed by atoms with Crippen LogP contribution < -0.4 is 0 Å². The third kappa shape index (κ3) is 2.88. The maximum absolute atomic E-state index is 4.33. The molecule has 3 heterocycles. The Bertz CT molecular complexity index is 2390. The van der Waals surface area contributed by atoms with Crippen molar-refractivity contribution in [3.63, 3.8) is 0 Å². The molecule has 0 aliphatic carbocycles. The average molecular weight is 632 g/mol. The van der Waals surface area contributed by atoms with Gasteiger partial charge >= 0.3 is 246 Å². The number of hydrogen-bond acceptors (Lipinski definition) is 2. The quantitative estimate of drug-likeness (QED) is 0.143. The van der Waals surface area contributed by atoms with Crippen LogP contribution in [0, 0.1) is 0 Å². The topological polar surface area (TPSA) is 25.8 Å². The molecule has 10 aromatic rings. The van der Waals surface area contributed by atoms with Crippen molar-refractivity contribution in [1.82, 2.24) is 9.97 Å². The van der Waals surface area contributed by atoms with Crippen molar-refractivity contribution >= 4 is 83.1 Å². The second kappa shape index (κ2) is 8.02. The summed E-state index contributed by atoms with van der Waals surface area (Å²) in [6.45, 7) is 0. The first-order chi connectivity index (χ1) is 20.3. The molecule has 0 bridgehead atoms. The second-order valence-corrected chi connectivity index (χ2v) is 14.0. The predicted molar refractivity (Wildman–Crippen MR) is 174 cm³/mol. The van der Waals surface area contributed by atoms with E-state index in [4.69, 9.17) is 0 Å². The van der Waals surface area contributed by atoms with Gasteiger partial charge in [-0.3, -0.25) is 0 Å². The van der Waals surface area contributed by atoms with Crippen LogP contribution in [0.3, 0.4) is 0 Å². The minimum absolute atomic E-state index is 0.598. The molecular formula is C38H20N2Te. The fourth-order valence-corrected chi connectivity index (χ4v) is 10.7. The SMILES string of the molecule is c1ccc(-c2cc3c4cc(-c5ccncc5)c5ccc6ccc7c(-c8ccncc8)cc(c3[te]2)c2c7c6c5c42)cc1. The van der Waals surface area contributed by atoms with Gasteiger partial charge in [-0.25, -0.2) is 0 Å². The second-order valence-electron chi connectivity index (χ2n) is 11.0. The van der Waals surface area contributed by atoms with Crippen LogP contribution in [0.15, 0.2) is 122 Å². The van der Waals surface area contributed by atoms with Gasteiger partial charge < -0.3 is 0 Å². The van der Waals surface area contributed by atoms with E-state index in [-0.39, 0.29) is 0 Å². The molecule has 0 aliphatic heterocycles. The summed E-state index contributed by atoms with van der Waals surface area (Å²) < 4.78 is 3.08. The Kier molecular flexibility index (Phi) is 4.33. The van der Waals surface area contributed by atoms with E-state index in [2.05, 4.69) is 107 Å². The molecule has 0 saturated carbocycles. The molecule has 7 aromatic carbocycles. The van der Waals surface area contributed by atoms with Crippen LogP contribution in [0.5, 0.6) is 0 Å². The molecule has 10 rings (SSSR count). The van der Waals surface area contributed by atoms with Gasteiger partial charge in [0.05, 0.1) is 0 Å². The van der Waals surface area contributed by atoms with Crippen LogP contribution >= 0.6 is 0 Å². The molecule has 0 N–H and O–H groups in total. The number of rotatable bonds is 3. The normalized spacial score (nSPS) is 12.4. The van der Waals surface area contributed by atoms with Gasteiger partial charge in [0.15, 0.2) is 0 Å². The minimum atomic E-state index is -0.598. The number of aromatic nitrogens is 2. The van der Waals surface area contributed by atoms with Crippen LogP contribution in [0.1, 0.15) is 0 Å². The zero-order valence-corrected chi connectivity index (χ0v) is 24.2. The summed E-state index contributed by atoms with van der Waals surface area (Å²) in [6.07, 6.45) is 7.65. The zero-order chi connectivity index (χ0) is 26.7. The first kappa shape index (κ1) is 22.2. The van der Waals surface area contributed by atoms with Crippen molar-refractivity contribution in [3.05, 3.63) is 122 Å². The number of fused-ring (bicyclic) bond motifs is 3. The van der Waals surface area contributed by atoms with Crippen molar-refractivity contribution < 1.29 is 0 Å². The van der Waals surface area contributed by atoms with E-state index in [1.807, 2.05) is 24.8 Å². The fourth-order valence-electron chi connectivity index (χ4n) is 7.23. The van der Waals surface area contributed by atoms with Crippen LogP contribution in [0.2, 0.25) is 0 Å². The van der Waals surface area contributed by atoms with Crippen molar-refractivity contribution in [2.24, 2.45) is 0 Å². The van der Waals surface area contributed by atoms with E-state index < -0.39 is 20.4 Å². The van der Waals surface area contributed by atoms with E-state index in [9.17, 15) is 0 Å². The van der Waals surface area contributed by atoms with Crippen molar-refractivity contribution in [3.8, 4) is 31.4 Å². The molecule has 0 aliphatic rings. The standard InChI is InChI=1S/C38H20N2Te/c1-2-4-23(5-3-1)32-20-30-29-18-27(21-10-14-39-15-11-21)25-8-6-24-7-9-26-28(22-12-16-40-17-13-22)19-31(38(30)41-32)37-35(26)33(24)34(25)36(29)37/h1-20H. The monoisotopic (exact) mass is 634 g/mol. The molecule has 0 radical (unpaired) electrons. The van der Waals surface area contributed by atoms with Gasteiger partial charge in [-0.1, -0.05) is 0 Å². The van der Waals surface area contributed by atoms with Gasteiger partial charge in [-0.05, 0) is 0 Å². The van der Waals surface area contributed by atoms with E-state index in [0.717, 1.165) is 0 Å². The van der Waals surface area contributed by atoms with Gasteiger partial charge in [-0.2, -0.15) is 0 Å². The number of nitrogens with zero attached hydrogens (tertiary/aromatic N) is 2. The molecule has 188 valence electrons. The Labute approximate surface area is 245 Å². The van der Waals surface area contributed by atoms with Crippen LogP contribution in [0.4, 0.5) is 0 Å². The molecule has 41 heavy (non-hydrogen) atoms. The Balaban J connectivity index is 1.50. The van der Waals surface area contributed by atoms with Crippen molar-refractivity contribution in [1.29, 1.82) is 0 Å². The summed E-state index contributed by atoms with van der Waals surface area (Å²) in [6, 6.07) is 36.4. The molecular weight excluding hydrogens is 612 g/mol. The Morgan fingerprint density at radius 3 is 1.61 bits per heavy atom. The molecule has 0 atom stereocenters. The third-order valence-electron chi connectivity index (χ3n) is 8.94. The van der Waals surface area contributed by atoms with Crippen LogP contribution in [-0.2, 0) is 0 Å². The average Bonchev–Trinajstić information content (AvgIpc) is 3.65. The molecule has 0 spiro atoms. The summed E-state index contributed by atoms with van der Waals surface area (Å²) in [4.78, 5) is 8.65. The van der Waals surface area contributed by atoms with Gasteiger partial charge in [0.2, 0.25) is 0 Å². The Hall–Kier alpha value is -4.55. The van der Waals surface area contributed by atoms with Gasteiger partial charge in [0, 0.05) is 0 Å². The molecule has 0 amide bonds. The summed E-state index contributed by atoms with van der Waals surface area (Å²) in [5, 5.41) is 15.4. The van der Waals surface area contributed by atoms with E-state index in [1.165, 1.54) is 90.6 Å². The van der Waals surface area contributed by atoms with Gasteiger partial charge in [0.1, 0.15) is 0 Å². The maximum atomic E-state index is 4.33. The fraction of sp³-hybridized carbons (Fsp3) is 0. The zero-order valence-electron chi connectivity index (χ0n) is 21.8. The molecule has 0 unspecified atom stereocenters. The third-order valence-corrected chi connectivity index (χ3v) is 12.4. The molecule has 3 heteroatoms. The first-order valence-corrected chi connectivity index (χ1v) is 16.2. The van der Waals surface area contributed by atoms with Gasteiger partial charge in [-0.15, -0.1) is 0 Å². The van der Waals surface area contributed by atoms with E-state index in [1.54, 1.807) is 3.40 Å². The van der Waals surface area contributed by atoms with Crippen LogP contribution in [0.25, 0.3) is 94.0 Å². The van der Waals surface area contributed by atoms with E-state index in [0.29, 0.717) is 0 Å². The summed E-state index contributed by atoms with van der Waals surface area (Å²) in [5.41, 5.74) is 6.40. The summed E-state index contributed by atoms with van der Waals surface area (Å²) in [5.74, 6) is 0. The Morgan fingerprint density at radius 2 is 0.976 bits per heavy atom. The molecule has 3 aromatic heterocycles. The van der Waals surface area contributed by atoms with E-state index >= 15 is 0 Å². The summed E-state index contributed by atoms with van der Waals surface area (Å²) in [7, 11) is 0.